The highest BCUT2D eigenvalue weighted by atomic mass is 16.5. The van der Waals surface area contributed by atoms with Gasteiger partial charge in [-0.05, 0) is 19.1 Å². The van der Waals surface area contributed by atoms with E-state index in [1.54, 1.807) is 19.2 Å². The molecule has 1 aromatic rings. The molecule has 0 aliphatic heterocycles. The van der Waals surface area contributed by atoms with Gasteiger partial charge in [-0.15, -0.1) is 0 Å². The van der Waals surface area contributed by atoms with Gasteiger partial charge < -0.3 is 15.2 Å². The summed E-state index contributed by atoms with van der Waals surface area (Å²) < 4.78 is 4.89. The van der Waals surface area contributed by atoms with Gasteiger partial charge in [-0.25, -0.2) is 0 Å². The van der Waals surface area contributed by atoms with E-state index in [-0.39, 0.29) is 5.75 Å². The van der Waals surface area contributed by atoms with E-state index in [9.17, 15) is 5.11 Å². The molecule has 0 saturated heterocycles. The van der Waals surface area contributed by atoms with Crippen LogP contribution in [0.1, 0.15) is 11.4 Å². The van der Waals surface area contributed by atoms with Crippen molar-refractivity contribution < 1.29 is 9.84 Å². The van der Waals surface area contributed by atoms with Crippen LogP contribution in [0, 0.1) is 6.92 Å². The van der Waals surface area contributed by atoms with Crippen molar-refractivity contribution in [2.75, 3.05) is 20.3 Å². The van der Waals surface area contributed by atoms with E-state index in [1.807, 2.05) is 6.92 Å². The van der Waals surface area contributed by atoms with E-state index in [0.29, 0.717) is 18.8 Å². The first-order chi connectivity index (χ1) is 6.74. The van der Waals surface area contributed by atoms with Crippen LogP contribution in [0.15, 0.2) is 12.1 Å². The molecule has 0 aromatic carbocycles. The number of pyridine rings is 1. The Labute approximate surface area is 83.9 Å². The number of aromatic nitrogens is 1. The summed E-state index contributed by atoms with van der Waals surface area (Å²) >= 11 is 0. The molecule has 1 heterocycles. The van der Waals surface area contributed by atoms with E-state index in [0.717, 1.165) is 12.2 Å². The first-order valence-electron chi connectivity index (χ1n) is 4.59. The third-order valence-corrected chi connectivity index (χ3v) is 1.86. The second-order valence-electron chi connectivity index (χ2n) is 3.09. The summed E-state index contributed by atoms with van der Waals surface area (Å²) in [5, 5.41) is 12.6. The Kier molecular flexibility index (Phi) is 4.35. The first kappa shape index (κ1) is 10.9. The number of hydrogen-bond acceptors (Lipinski definition) is 4. The molecule has 14 heavy (non-hydrogen) atoms. The average molecular weight is 196 g/mol. The maximum atomic E-state index is 9.46. The Morgan fingerprint density at radius 2 is 2.29 bits per heavy atom. The molecule has 2 N–H and O–H groups in total. The van der Waals surface area contributed by atoms with Crippen molar-refractivity contribution >= 4 is 0 Å². The van der Waals surface area contributed by atoms with Crippen LogP contribution in [0.25, 0.3) is 0 Å². The molecule has 0 aliphatic rings. The number of nitrogens with zero attached hydrogens (tertiary/aromatic N) is 1. The molecular weight excluding hydrogens is 180 g/mol. The summed E-state index contributed by atoms with van der Waals surface area (Å²) in [5.74, 6) is 0.237. The van der Waals surface area contributed by atoms with Gasteiger partial charge in [-0.2, -0.15) is 0 Å². The standard InChI is InChI=1S/C10H16N2O2/c1-8-3-4-10(13)9(12-8)7-11-5-6-14-2/h3-4,11,13H,5-7H2,1-2H3. The minimum absolute atomic E-state index is 0.237. The van der Waals surface area contributed by atoms with Gasteiger partial charge in [-0.1, -0.05) is 0 Å². The zero-order valence-electron chi connectivity index (χ0n) is 8.58. The molecule has 0 bridgehead atoms. The predicted octanol–water partition coefficient (Wildman–Crippen LogP) is 0.832. The molecule has 0 spiro atoms. The summed E-state index contributed by atoms with van der Waals surface area (Å²) in [6.45, 7) is 3.88. The summed E-state index contributed by atoms with van der Waals surface area (Å²) in [4.78, 5) is 4.22. The highest BCUT2D eigenvalue weighted by molar-refractivity contribution is 5.27. The molecule has 0 atom stereocenters. The summed E-state index contributed by atoms with van der Waals surface area (Å²) in [6, 6.07) is 3.45. The number of nitrogens with one attached hydrogen (secondary N) is 1. The lowest BCUT2D eigenvalue weighted by Crippen LogP contribution is -2.19. The molecule has 1 rings (SSSR count). The number of methoxy groups -OCH3 is 1. The molecule has 0 saturated carbocycles. The molecule has 4 nitrogen and oxygen atoms in total. The maximum absolute atomic E-state index is 9.46. The van der Waals surface area contributed by atoms with Crippen molar-refractivity contribution in [3.63, 3.8) is 0 Å². The second-order valence-corrected chi connectivity index (χ2v) is 3.09. The summed E-state index contributed by atoms with van der Waals surface area (Å²) in [5.41, 5.74) is 1.59. The Balaban J connectivity index is 2.45. The summed E-state index contributed by atoms with van der Waals surface area (Å²) in [7, 11) is 1.66. The van der Waals surface area contributed by atoms with Crippen molar-refractivity contribution in [1.29, 1.82) is 0 Å². The van der Waals surface area contributed by atoms with Gasteiger partial charge in [0.1, 0.15) is 5.75 Å². The van der Waals surface area contributed by atoms with E-state index < -0.39 is 0 Å². The van der Waals surface area contributed by atoms with Crippen molar-refractivity contribution in [2.45, 2.75) is 13.5 Å². The minimum Gasteiger partial charge on any atom is -0.506 e. The molecule has 4 heteroatoms. The highest BCUT2D eigenvalue weighted by Gasteiger charge is 2.01. The fraction of sp³-hybridized carbons (Fsp3) is 0.500. The molecule has 0 amide bonds. The lowest BCUT2D eigenvalue weighted by molar-refractivity contribution is 0.199. The summed E-state index contributed by atoms with van der Waals surface area (Å²) in [6.07, 6.45) is 0. The maximum Gasteiger partial charge on any atom is 0.138 e. The molecule has 0 aliphatic carbocycles. The van der Waals surface area contributed by atoms with Gasteiger partial charge in [0.25, 0.3) is 0 Å². The van der Waals surface area contributed by atoms with Gasteiger partial charge in [0.15, 0.2) is 0 Å². The molecule has 1 aromatic heterocycles. The molecule has 0 fully saturated rings. The Morgan fingerprint density at radius 3 is 3.00 bits per heavy atom. The molecule has 78 valence electrons. The van der Waals surface area contributed by atoms with Gasteiger partial charge in [-0.3, -0.25) is 4.98 Å². The molecule has 0 unspecified atom stereocenters. The number of hydrogen-bond donors (Lipinski definition) is 2. The quantitative estimate of drug-likeness (QED) is 0.685. The third-order valence-electron chi connectivity index (χ3n) is 1.86. The van der Waals surface area contributed by atoms with Crippen LogP contribution >= 0.6 is 0 Å². The van der Waals surface area contributed by atoms with Crippen LogP contribution < -0.4 is 5.32 Å². The number of rotatable bonds is 5. The van der Waals surface area contributed by atoms with E-state index >= 15 is 0 Å². The second kappa shape index (κ2) is 5.57. The van der Waals surface area contributed by atoms with Gasteiger partial charge in [0, 0.05) is 25.9 Å². The van der Waals surface area contributed by atoms with Crippen LogP contribution in [0.2, 0.25) is 0 Å². The average Bonchev–Trinajstić information content (AvgIpc) is 2.18. The largest absolute Gasteiger partial charge is 0.506 e. The monoisotopic (exact) mass is 196 g/mol. The third kappa shape index (κ3) is 3.32. The topological polar surface area (TPSA) is 54.4 Å². The van der Waals surface area contributed by atoms with Crippen LogP contribution in [-0.4, -0.2) is 30.4 Å². The Bertz CT molecular complexity index is 289. The number of ether oxygens (including phenoxy) is 1. The van der Waals surface area contributed by atoms with Crippen LogP contribution in [0.5, 0.6) is 5.75 Å². The van der Waals surface area contributed by atoms with Crippen molar-refractivity contribution in [3.05, 3.63) is 23.5 Å². The number of aryl methyl sites for hydroxylation is 1. The van der Waals surface area contributed by atoms with E-state index in [4.69, 9.17) is 4.74 Å². The van der Waals surface area contributed by atoms with Crippen LogP contribution in [0.4, 0.5) is 0 Å². The molecule has 0 radical (unpaired) electrons. The minimum atomic E-state index is 0.237. The Hall–Kier alpha value is -1.13. The van der Waals surface area contributed by atoms with Crippen molar-refractivity contribution in [3.8, 4) is 5.75 Å². The number of aromatic hydroxyl groups is 1. The smallest absolute Gasteiger partial charge is 0.138 e. The normalized spacial score (nSPS) is 10.4. The lowest BCUT2D eigenvalue weighted by atomic mass is 10.3. The Morgan fingerprint density at radius 1 is 1.50 bits per heavy atom. The van der Waals surface area contributed by atoms with Gasteiger partial charge >= 0.3 is 0 Å². The fourth-order valence-electron chi connectivity index (χ4n) is 1.11. The van der Waals surface area contributed by atoms with Crippen molar-refractivity contribution in [1.82, 2.24) is 10.3 Å². The van der Waals surface area contributed by atoms with E-state index in [1.165, 1.54) is 0 Å². The van der Waals surface area contributed by atoms with Gasteiger partial charge in [0.05, 0.1) is 12.3 Å². The zero-order chi connectivity index (χ0) is 10.4. The lowest BCUT2D eigenvalue weighted by Gasteiger charge is -2.06. The van der Waals surface area contributed by atoms with Gasteiger partial charge in [0.2, 0.25) is 0 Å². The first-order valence-corrected chi connectivity index (χ1v) is 4.59. The van der Waals surface area contributed by atoms with Crippen LogP contribution in [-0.2, 0) is 11.3 Å². The molecular formula is C10H16N2O2. The zero-order valence-corrected chi connectivity index (χ0v) is 8.58. The van der Waals surface area contributed by atoms with Crippen molar-refractivity contribution in [2.24, 2.45) is 0 Å². The fourth-order valence-corrected chi connectivity index (χ4v) is 1.11. The SMILES string of the molecule is COCCNCc1nc(C)ccc1O. The predicted molar refractivity (Wildman–Crippen MR) is 54.2 cm³/mol. The van der Waals surface area contributed by atoms with E-state index in [2.05, 4.69) is 10.3 Å². The van der Waals surface area contributed by atoms with Crippen LogP contribution in [0.3, 0.4) is 0 Å². The highest BCUT2D eigenvalue weighted by Crippen LogP contribution is 2.13.